The quantitative estimate of drug-likeness (QED) is 0.826. The van der Waals surface area contributed by atoms with E-state index >= 15 is 0 Å². The Labute approximate surface area is 110 Å². The lowest BCUT2D eigenvalue weighted by atomic mass is 10.3. The molecule has 1 aliphatic rings. The molecule has 19 heavy (non-hydrogen) atoms. The first-order chi connectivity index (χ1) is 8.91. The van der Waals surface area contributed by atoms with Gasteiger partial charge in [-0.3, -0.25) is 9.10 Å². The number of carboxylic acids is 1. The molecule has 0 radical (unpaired) electrons. The van der Waals surface area contributed by atoms with E-state index in [-0.39, 0.29) is 31.8 Å². The van der Waals surface area contributed by atoms with Gasteiger partial charge in [0.25, 0.3) is 0 Å². The Morgan fingerprint density at radius 2 is 1.84 bits per heavy atom. The van der Waals surface area contributed by atoms with E-state index in [1.165, 1.54) is 28.6 Å². The standard InChI is InChI=1S/C11H14N2O5S/c14-10-3-1-9(2-4-10)13-8-7-12(19(13,17)18)6-5-11(15)16/h1-4,14H,5-8H2,(H,15,16). The lowest BCUT2D eigenvalue weighted by Crippen LogP contribution is -2.34. The summed E-state index contributed by atoms with van der Waals surface area (Å²) in [5, 5.41) is 17.8. The summed E-state index contributed by atoms with van der Waals surface area (Å²) in [6.07, 6.45) is -0.220. The number of hydrogen-bond donors (Lipinski definition) is 2. The Balaban J connectivity index is 2.17. The molecule has 2 N–H and O–H groups in total. The second-order valence-corrected chi connectivity index (χ2v) is 5.99. The number of rotatable bonds is 4. The second kappa shape index (κ2) is 5.06. The van der Waals surface area contributed by atoms with Crippen molar-refractivity contribution in [2.45, 2.75) is 6.42 Å². The van der Waals surface area contributed by atoms with Gasteiger partial charge in [-0.1, -0.05) is 0 Å². The first kappa shape index (κ1) is 13.6. The minimum Gasteiger partial charge on any atom is -0.508 e. The number of aliphatic carboxylic acids is 1. The van der Waals surface area contributed by atoms with Gasteiger partial charge >= 0.3 is 16.2 Å². The van der Waals surface area contributed by atoms with Crippen LogP contribution in [0.1, 0.15) is 6.42 Å². The van der Waals surface area contributed by atoms with Crippen LogP contribution in [-0.4, -0.2) is 48.5 Å². The van der Waals surface area contributed by atoms with Gasteiger partial charge in [0, 0.05) is 19.6 Å². The van der Waals surface area contributed by atoms with Crippen LogP contribution in [0.3, 0.4) is 0 Å². The highest BCUT2D eigenvalue weighted by Crippen LogP contribution is 2.26. The van der Waals surface area contributed by atoms with E-state index in [1.807, 2.05) is 0 Å². The van der Waals surface area contributed by atoms with Crippen molar-refractivity contribution in [3.05, 3.63) is 24.3 Å². The lowest BCUT2D eigenvalue weighted by Gasteiger charge is -2.19. The third kappa shape index (κ3) is 2.79. The molecule has 0 aliphatic carbocycles. The van der Waals surface area contributed by atoms with Gasteiger partial charge in [0.2, 0.25) is 0 Å². The number of phenolic OH excluding ortho intramolecular Hbond substituents is 1. The van der Waals surface area contributed by atoms with Crippen LogP contribution in [0.15, 0.2) is 24.3 Å². The predicted molar refractivity (Wildman–Crippen MR) is 68.2 cm³/mol. The average Bonchev–Trinajstić information content (AvgIpc) is 2.63. The minimum absolute atomic E-state index is 0.0355. The summed E-state index contributed by atoms with van der Waals surface area (Å²) in [7, 11) is -3.67. The molecule has 7 nitrogen and oxygen atoms in total. The molecule has 0 atom stereocenters. The summed E-state index contributed by atoms with van der Waals surface area (Å²) in [5.41, 5.74) is 0.454. The van der Waals surface area contributed by atoms with Crippen molar-refractivity contribution in [2.24, 2.45) is 0 Å². The monoisotopic (exact) mass is 286 g/mol. The van der Waals surface area contributed by atoms with Gasteiger partial charge in [-0.05, 0) is 24.3 Å². The van der Waals surface area contributed by atoms with Crippen LogP contribution in [0.25, 0.3) is 0 Å². The Kier molecular flexibility index (Phi) is 3.63. The molecule has 0 spiro atoms. The first-order valence-electron chi connectivity index (χ1n) is 5.70. The molecule has 0 unspecified atom stereocenters. The van der Waals surface area contributed by atoms with E-state index in [4.69, 9.17) is 5.11 Å². The van der Waals surface area contributed by atoms with Crippen molar-refractivity contribution in [3.8, 4) is 5.75 Å². The van der Waals surface area contributed by atoms with E-state index in [0.29, 0.717) is 5.69 Å². The number of hydrogen-bond acceptors (Lipinski definition) is 4. The molecule has 8 heteroatoms. The Hall–Kier alpha value is -1.80. The molecule has 1 saturated heterocycles. The van der Waals surface area contributed by atoms with E-state index in [1.54, 1.807) is 0 Å². The number of anilines is 1. The molecule has 2 rings (SSSR count). The van der Waals surface area contributed by atoms with Crippen LogP contribution in [0, 0.1) is 0 Å². The molecule has 0 amide bonds. The van der Waals surface area contributed by atoms with E-state index in [9.17, 15) is 18.3 Å². The number of aromatic hydroxyl groups is 1. The van der Waals surface area contributed by atoms with Crippen molar-refractivity contribution in [1.29, 1.82) is 0 Å². The van der Waals surface area contributed by atoms with Crippen LogP contribution in [-0.2, 0) is 15.0 Å². The van der Waals surface area contributed by atoms with Crippen molar-refractivity contribution in [3.63, 3.8) is 0 Å². The van der Waals surface area contributed by atoms with E-state index < -0.39 is 16.2 Å². The van der Waals surface area contributed by atoms with Gasteiger partial charge in [0.1, 0.15) is 5.75 Å². The summed E-state index contributed by atoms with van der Waals surface area (Å²) in [6, 6.07) is 5.83. The van der Waals surface area contributed by atoms with Gasteiger partial charge in [-0.2, -0.15) is 12.7 Å². The van der Waals surface area contributed by atoms with Gasteiger partial charge in [0.15, 0.2) is 0 Å². The van der Waals surface area contributed by atoms with Crippen LogP contribution < -0.4 is 4.31 Å². The third-order valence-electron chi connectivity index (χ3n) is 2.87. The number of carbonyl (C=O) groups is 1. The molecule has 0 aromatic heterocycles. The average molecular weight is 286 g/mol. The summed E-state index contributed by atoms with van der Waals surface area (Å²) in [5.74, 6) is -0.971. The van der Waals surface area contributed by atoms with E-state index in [2.05, 4.69) is 0 Å². The molecule has 1 aromatic rings. The third-order valence-corrected chi connectivity index (χ3v) is 4.84. The number of phenols is 1. The highest BCUT2D eigenvalue weighted by molar-refractivity contribution is 7.90. The highest BCUT2D eigenvalue weighted by Gasteiger charge is 2.36. The van der Waals surface area contributed by atoms with Gasteiger partial charge < -0.3 is 10.2 Å². The van der Waals surface area contributed by atoms with Crippen molar-refractivity contribution in [2.75, 3.05) is 23.9 Å². The van der Waals surface area contributed by atoms with Crippen molar-refractivity contribution < 1.29 is 23.4 Å². The number of benzene rings is 1. The lowest BCUT2D eigenvalue weighted by molar-refractivity contribution is -0.137. The molecule has 0 bridgehead atoms. The first-order valence-corrected chi connectivity index (χ1v) is 7.09. The van der Waals surface area contributed by atoms with Crippen LogP contribution in [0.4, 0.5) is 5.69 Å². The summed E-state index contributed by atoms with van der Waals surface area (Å²) in [6.45, 7) is 0.496. The zero-order valence-electron chi connectivity index (χ0n) is 10.1. The molecule has 1 aliphatic heterocycles. The van der Waals surface area contributed by atoms with Crippen LogP contribution in [0.5, 0.6) is 5.75 Å². The maximum Gasteiger partial charge on any atom is 0.304 e. The van der Waals surface area contributed by atoms with Crippen LogP contribution in [0.2, 0.25) is 0 Å². The Morgan fingerprint density at radius 3 is 2.42 bits per heavy atom. The summed E-state index contributed by atoms with van der Waals surface area (Å²) < 4.78 is 26.7. The molecule has 1 fully saturated rings. The zero-order valence-corrected chi connectivity index (χ0v) is 10.9. The molecular weight excluding hydrogens is 272 g/mol. The maximum atomic E-state index is 12.2. The summed E-state index contributed by atoms with van der Waals surface area (Å²) in [4.78, 5) is 10.5. The Bertz CT molecular complexity index is 569. The zero-order chi connectivity index (χ0) is 14.0. The van der Waals surface area contributed by atoms with Crippen molar-refractivity contribution >= 4 is 21.9 Å². The maximum absolute atomic E-state index is 12.2. The Morgan fingerprint density at radius 1 is 1.21 bits per heavy atom. The summed E-state index contributed by atoms with van der Waals surface area (Å²) >= 11 is 0. The topological polar surface area (TPSA) is 98.2 Å². The fourth-order valence-electron chi connectivity index (χ4n) is 1.90. The fraction of sp³-hybridized carbons (Fsp3) is 0.364. The number of nitrogens with zero attached hydrogens (tertiary/aromatic N) is 2. The normalized spacial score (nSPS) is 18.6. The minimum atomic E-state index is -3.67. The smallest absolute Gasteiger partial charge is 0.304 e. The number of carboxylic acid groups (broad SMARTS) is 1. The predicted octanol–water partition coefficient (Wildman–Crippen LogP) is 0.234. The molecule has 0 saturated carbocycles. The van der Waals surface area contributed by atoms with Crippen LogP contribution >= 0.6 is 0 Å². The van der Waals surface area contributed by atoms with E-state index in [0.717, 1.165) is 4.31 Å². The van der Waals surface area contributed by atoms with Gasteiger partial charge in [-0.25, -0.2) is 0 Å². The SMILES string of the molecule is O=C(O)CCN1CCN(c2ccc(O)cc2)S1(=O)=O. The molecular formula is C11H14N2O5S. The van der Waals surface area contributed by atoms with Crippen molar-refractivity contribution in [1.82, 2.24) is 4.31 Å². The second-order valence-electron chi connectivity index (χ2n) is 4.14. The molecule has 1 heterocycles. The fourth-order valence-corrected chi connectivity index (χ4v) is 3.51. The van der Waals surface area contributed by atoms with Gasteiger partial charge in [0.05, 0.1) is 12.1 Å². The van der Waals surface area contributed by atoms with Gasteiger partial charge in [-0.15, -0.1) is 0 Å². The highest BCUT2D eigenvalue weighted by atomic mass is 32.2. The molecule has 1 aromatic carbocycles. The molecule has 104 valence electrons. The largest absolute Gasteiger partial charge is 0.508 e.